The molecule has 124 valence electrons. The maximum Gasteiger partial charge on any atom is 0.254 e. The van der Waals surface area contributed by atoms with E-state index >= 15 is 0 Å². The van der Waals surface area contributed by atoms with Crippen LogP contribution in [0.2, 0.25) is 5.02 Å². The zero-order chi connectivity index (χ0) is 16.5. The lowest BCUT2D eigenvalue weighted by molar-refractivity contribution is 0.0755. The average Bonchev–Trinajstić information content (AvgIpc) is 2.52. The van der Waals surface area contributed by atoms with E-state index in [1.165, 1.54) is 0 Å². The van der Waals surface area contributed by atoms with E-state index in [-0.39, 0.29) is 5.91 Å². The van der Waals surface area contributed by atoms with Gasteiger partial charge in [-0.05, 0) is 31.4 Å². The molecule has 0 aliphatic heterocycles. The first-order valence-electron chi connectivity index (χ1n) is 7.88. The second-order valence-corrected chi connectivity index (χ2v) is 5.54. The molecule has 0 aliphatic rings. The maximum absolute atomic E-state index is 12.6. The normalized spacial score (nSPS) is 10.4. The van der Waals surface area contributed by atoms with Crippen molar-refractivity contribution in [1.82, 2.24) is 4.90 Å². The molecule has 0 spiro atoms. The fraction of sp³-hybridized carbons (Fsp3) is 0.588. The van der Waals surface area contributed by atoms with Crippen LogP contribution in [-0.4, -0.2) is 37.6 Å². The molecule has 0 N–H and O–H groups in total. The predicted molar refractivity (Wildman–Crippen MR) is 90.3 cm³/mol. The van der Waals surface area contributed by atoms with Crippen LogP contribution in [-0.2, 0) is 0 Å². The number of amides is 1. The molecule has 5 heteroatoms. The molecule has 1 aromatic carbocycles. The number of rotatable bonds is 9. The van der Waals surface area contributed by atoms with Crippen molar-refractivity contribution in [2.45, 2.75) is 40.0 Å². The molecule has 22 heavy (non-hydrogen) atoms. The molecule has 1 rings (SSSR count). The Hall–Kier alpha value is -1.42. The van der Waals surface area contributed by atoms with Gasteiger partial charge < -0.3 is 14.4 Å². The van der Waals surface area contributed by atoms with Gasteiger partial charge in [0.15, 0.2) is 11.5 Å². The van der Waals surface area contributed by atoms with Gasteiger partial charge in [-0.1, -0.05) is 32.4 Å². The monoisotopic (exact) mass is 327 g/mol. The van der Waals surface area contributed by atoms with Crippen molar-refractivity contribution in [3.63, 3.8) is 0 Å². The molecule has 0 bridgehead atoms. The maximum atomic E-state index is 12.6. The van der Waals surface area contributed by atoms with E-state index in [0.717, 1.165) is 32.4 Å². The number of hydrogen-bond acceptors (Lipinski definition) is 3. The standard InChI is InChI=1S/C17H26ClNO3/c1-5-8-19(9-6-2)17(20)13-11-14(18)16(22-10-7-3)15(12-13)21-4/h11-12H,5-10H2,1-4H3. The van der Waals surface area contributed by atoms with Crippen LogP contribution in [0.4, 0.5) is 0 Å². The van der Waals surface area contributed by atoms with E-state index < -0.39 is 0 Å². The van der Waals surface area contributed by atoms with Crippen molar-refractivity contribution in [2.24, 2.45) is 0 Å². The SMILES string of the molecule is CCCOc1c(Cl)cc(C(=O)N(CCC)CCC)cc1OC. The molecule has 0 unspecified atom stereocenters. The van der Waals surface area contributed by atoms with Crippen molar-refractivity contribution in [2.75, 3.05) is 26.8 Å². The summed E-state index contributed by atoms with van der Waals surface area (Å²) in [5.41, 5.74) is 0.535. The largest absolute Gasteiger partial charge is 0.493 e. The quantitative estimate of drug-likeness (QED) is 0.674. The van der Waals surface area contributed by atoms with E-state index in [4.69, 9.17) is 21.1 Å². The molecule has 1 aromatic rings. The predicted octanol–water partition coefficient (Wildman–Crippen LogP) is 4.40. The molecular weight excluding hydrogens is 302 g/mol. The lowest BCUT2D eigenvalue weighted by atomic mass is 10.1. The molecule has 0 aliphatic carbocycles. The summed E-state index contributed by atoms with van der Waals surface area (Å²) in [5, 5.41) is 0.407. The number of carbonyl (C=O) groups is 1. The van der Waals surface area contributed by atoms with Crippen LogP contribution in [0.3, 0.4) is 0 Å². The molecule has 0 atom stereocenters. The van der Waals surface area contributed by atoms with E-state index in [1.807, 2.05) is 11.8 Å². The molecule has 4 nitrogen and oxygen atoms in total. The third-order valence-corrected chi connectivity index (χ3v) is 3.48. The zero-order valence-corrected chi connectivity index (χ0v) is 14.7. The van der Waals surface area contributed by atoms with Crippen molar-refractivity contribution in [3.8, 4) is 11.5 Å². The molecule has 0 saturated heterocycles. The minimum absolute atomic E-state index is 0.0223. The number of methoxy groups -OCH3 is 1. The van der Waals surface area contributed by atoms with Crippen molar-refractivity contribution in [1.29, 1.82) is 0 Å². The van der Waals surface area contributed by atoms with Crippen LogP contribution >= 0.6 is 11.6 Å². The van der Waals surface area contributed by atoms with Gasteiger partial charge in [-0.15, -0.1) is 0 Å². The van der Waals surface area contributed by atoms with E-state index in [9.17, 15) is 4.79 Å². The molecule has 0 aromatic heterocycles. The first-order valence-corrected chi connectivity index (χ1v) is 8.26. The molecule has 0 heterocycles. The van der Waals surface area contributed by atoms with Gasteiger partial charge in [0.25, 0.3) is 5.91 Å². The Morgan fingerprint density at radius 2 is 1.77 bits per heavy atom. The van der Waals surface area contributed by atoms with Gasteiger partial charge in [0.05, 0.1) is 18.7 Å². The molecular formula is C17H26ClNO3. The highest BCUT2D eigenvalue weighted by Crippen LogP contribution is 2.36. The highest BCUT2D eigenvalue weighted by atomic mass is 35.5. The Kier molecular flexibility index (Phi) is 8.10. The van der Waals surface area contributed by atoms with Crippen LogP contribution in [0, 0.1) is 0 Å². The van der Waals surface area contributed by atoms with E-state index in [0.29, 0.717) is 28.7 Å². The fourth-order valence-corrected chi connectivity index (χ4v) is 2.49. The first-order chi connectivity index (χ1) is 10.6. The van der Waals surface area contributed by atoms with Gasteiger partial charge in [0.1, 0.15) is 0 Å². The van der Waals surface area contributed by atoms with Gasteiger partial charge in [-0.25, -0.2) is 0 Å². The van der Waals surface area contributed by atoms with Crippen LogP contribution in [0.5, 0.6) is 11.5 Å². The summed E-state index contributed by atoms with van der Waals surface area (Å²) >= 11 is 6.28. The Morgan fingerprint density at radius 1 is 1.14 bits per heavy atom. The fourth-order valence-electron chi connectivity index (χ4n) is 2.22. The van der Waals surface area contributed by atoms with Gasteiger partial charge in [-0.2, -0.15) is 0 Å². The Balaban J connectivity index is 3.09. The average molecular weight is 328 g/mol. The number of nitrogens with zero attached hydrogens (tertiary/aromatic N) is 1. The Labute approximate surface area is 138 Å². The Morgan fingerprint density at radius 3 is 2.27 bits per heavy atom. The summed E-state index contributed by atoms with van der Waals surface area (Å²) in [6.45, 7) is 8.17. The third kappa shape index (κ3) is 4.80. The summed E-state index contributed by atoms with van der Waals surface area (Å²) in [6.07, 6.45) is 2.73. The number of halogens is 1. The number of ether oxygens (including phenoxy) is 2. The highest BCUT2D eigenvalue weighted by Gasteiger charge is 2.19. The molecule has 0 saturated carbocycles. The van der Waals surface area contributed by atoms with Gasteiger partial charge in [0, 0.05) is 18.7 Å². The first kappa shape index (κ1) is 18.6. The van der Waals surface area contributed by atoms with Gasteiger partial charge in [-0.3, -0.25) is 4.79 Å². The van der Waals surface area contributed by atoms with Crippen molar-refractivity contribution in [3.05, 3.63) is 22.7 Å². The molecule has 0 radical (unpaired) electrons. The summed E-state index contributed by atoms with van der Waals surface area (Å²) in [7, 11) is 1.55. The lowest BCUT2D eigenvalue weighted by Crippen LogP contribution is -2.32. The second-order valence-electron chi connectivity index (χ2n) is 5.13. The van der Waals surface area contributed by atoms with Crippen LogP contribution in [0.1, 0.15) is 50.4 Å². The van der Waals surface area contributed by atoms with Gasteiger partial charge >= 0.3 is 0 Å². The minimum Gasteiger partial charge on any atom is -0.493 e. The summed E-state index contributed by atoms with van der Waals surface area (Å²) in [5.74, 6) is 0.975. The number of hydrogen-bond donors (Lipinski definition) is 0. The molecule has 1 amide bonds. The number of benzene rings is 1. The van der Waals surface area contributed by atoms with Crippen molar-refractivity contribution >= 4 is 17.5 Å². The lowest BCUT2D eigenvalue weighted by Gasteiger charge is -2.22. The zero-order valence-electron chi connectivity index (χ0n) is 13.9. The second kappa shape index (κ2) is 9.57. The van der Waals surface area contributed by atoms with Gasteiger partial charge in [0.2, 0.25) is 0 Å². The smallest absolute Gasteiger partial charge is 0.254 e. The van der Waals surface area contributed by atoms with E-state index in [1.54, 1.807) is 19.2 Å². The minimum atomic E-state index is -0.0223. The Bertz CT molecular complexity index is 485. The van der Waals surface area contributed by atoms with E-state index in [2.05, 4.69) is 13.8 Å². The third-order valence-electron chi connectivity index (χ3n) is 3.20. The summed E-state index contributed by atoms with van der Waals surface area (Å²) in [4.78, 5) is 14.5. The van der Waals surface area contributed by atoms with Crippen LogP contribution in [0.25, 0.3) is 0 Å². The molecule has 0 fully saturated rings. The number of carbonyl (C=O) groups excluding carboxylic acids is 1. The van der Waals surface area contributed by atoms with Crippen LogP contribution < -0.4 is 9.47 Å². The highest BCUT2D eigenvalue weighted by molar-refractivity contribution is 6.32. The summed E-state index contributed by atoms with van der Waals surface area (Å²) < 4.78 is 10.9. The van der Waals surface area contributed by atoms with Crippen LogP contribution in [0.15, 0.2) is 12.1 Å². The topological polar surface area (TPSA) is 38.8 Å². The van der Waals surface area contributed by atoms with Crippen molar-refractivity contribution < 1.29 is 14.3 Å². The summed E-state index contributed by atoms with van der Waals surface area (Å²) in [6, 6.07) is 3.37.